The number of hydrogen-bond acceptors (Lipinski definition) is 4. The Bertz CT molecular complexity index is 1060. The molecule has 31 heavy (non-hydrogen) atoms. The van der Waals surface area contributed by atoms with Gasteiger partial charge < -0.3 is 14.6 Å². The molecule has 1 aromatic heterocycles. The molecule has 0 fully saturated rings. The number of anilines is 2. The molecule has 162 valence electrons. The number of hydrogen-bond donors (Lipinski definition) is 1. The maximum atomic E-state index is 13.4. The molecule has 1 aliphatic rings. The number of rotatable bonds is 5. The molecule has 0 saturated carbocycles. The predicted octanol–water partition coefficient (Wildman–Crippen LogP) is 5.21. The summed E-state index contributed by atoms with van der Waals surface area (Å²) >= 11 is 6.27. The van der Waals surface area contributed by atoms with Gasteiger partial charge >= 0.3 is 6.03 Å². The Balaban J connectivity index is 1.65. The minimum absolute atomic E-state index is 0.262. The number of urea groups is 1. The minimum Gasteiger partial charge on any atom is -0.497 e. The first-order chi connectivity index (χ1) is 15.0. The fraction of sp³-hybridized carbons (Fsp3) is 0.348. The largest absolute Gasteiger partial charge is 0.497 e. The van der Waals surface area contributed by atoms with Gasteiger partial charge in [0.2, 0.25) is 0 Å². The highest BCUT2D eigenvalue weighted by Crippen LogP contribution is 2.27. The van der Waals surface area contributed by atoms with E-state index in [4.69, 9.17) is 16.3 Å². The van der Waals surface area contributed by atoms with Crippen molar-refractivity contribution in [3.05, 3.63) is 64.7 Å². The smallest absolute Gasteiger partial charge is 0.326 e. The Morgan fingerprint density at radius 3 is 2.74 bits per heavy atom. The Morgan fingerprint density at radius 1 is 1.16 bits per heavy atom. The van der Waals surface area contributed by atoms with Crippen LogP contribution in [0.5, 0.6) is 5.75 Å². The molecule has 8 heteroatoms. The Morgan fingerprint density at radius 2 is 1.97 bits per heavy atom. The van der Waals surface area contributed by atoms with Crippen molar-refractivity contribution in [3.8, 4) is 5.75 Å². The third-order valence-electron chi connectivity index (χ3n) is 5.53. The number of carbonyl (C=O) groups excluding carboxylic acids is 1. The van der Waals surface area contributed by atoms with Crippen LogP contribution in [-0.4, -0.2) is 27.9 Å². The summed E-state index contributed by atoms with van der Waals surface area (Å²) in [5.41, 5.74) is 2.37. The molecular weight excluding hydrogens is 414 g/mol. The lowest BCUT2D eigenvalue weighted by molar-refractivity contribution is 0.256. The molecule has 0 bridgehead atoms. The van der Waals surface area contributed by atoms with Crippen LogP contribution in [0.15, 0.2) is 42.5 Å². The van der Waals surface area contributed by atoms with Gasteiger partial charge in [-0.2, -0.15) is 0 Å². The van der Waals surface area contributed by atoms with Crippen LogP contribution in [0.3, 0.4) is 0 Å². The summed E-state index contributed by atoms with van der Waals surface area (Å²) in [6, 6.07) is 12.5. The van der Waals surface area contributed by atoms with Gasteiger partial charge in [-0.15, -0.1) is 10.2 Å². The Hall–Kier alpha value is -3.06. The second-order valence-electron chi connectivity index (χ2n) is 7.67. The van der Waals surface area contributed by atoms with Crippen LogP contribution in [0.2, 0.25) is 5.02 Å². The van der Waals surface area contributed by atoms with Gasteiger partial charge in [0.25, 0.3) is 0 Å². The number of aryl methyl sites for hydroxylation is 2. The van der Waals surface area contributed by atoms with E-state index in [0.29, 0.717) is 17.3 Å². The summed E-state index contributed by atoms with van der Waals surface area (Å²) in [7, 11) is 1.61. The van der Waals surface area contributed by atoms with Gasteiger partial charge in [0.15, 0.2) is 5.82 Å². The molecule has 2 amide bonds. The van der Waals surface area contributed by atoms with Crippen LogP contribution in [0, 0.1) is 6.92 Å². The van der Waals surface area contributed by atoms with Crippen molar-refractivity contribution < 1.29 is 9.53 Å². The molecule has 0 aliphatic carbocycles. The third kappa shape index (κ3) is 4.82. The first-order valence-electron chi connectivity index (χ1n) is 10.4. The molecule has 2 aromatic carbocycles. The number of halogens is 1. The molecule has 3 aromatic rings. The number of methoxy groups -OCH3 is 1. The van der Waals surface area contributed by atoms with Gasteiger partial charge in [0.05, 0.1) is 19.3 Å². The maximum Gasteiger partial charge on any atom is 0.326 e. The lowest BCUT2D eigenvalue weighted by atomic mass is 10.2. The molecule has 4 rings (SSSR count). The molecule has 0 unspecified atom stereocenters. The van der Waals surface area contributed by atoms with E-state index in [1.165, 1.54) is 6.42 Å². The average molecular weight is 440 g/mol. The highest BCUT2D eigenvalue weighted by atomic mass is 35.5. The first kappa shape index (κ1) is 21.2. The van der Waals surface area contributed by atoms with Crippen LogP contribution in [0.1, 0.15) is 36.5 Å². The number of carbonyl (C=O) groups is 1. The monoisotopic (exact) mass is 439 g/mol. The van der Waals surface area contributed by atoms with Crippen molar-refractivity contribution >= 4 is 29.0 Å². The van der Waals surface area contributed by atoms with Crippen molar-refractivity contribution in [2.75, 3.05) is 17.3 Å². The van der Waals surface area contributed by atoms with Crippen molar-refractivity contribution in [1.82, 2.24) is 14.8 Å². The fourth-order valence-corrected chi connectivity index (χ4v) is 3.98. The highest BCUT2D eigenvalue weighted by Gasteiger charge is 2.23. The SMILES string of the molecule is COc1ccc(NC(=O)N(Cc2nnc3n2CCCCC3)c2cc(Cl)ccc2C)cc1. The molecule has 0 spiro atoms. The van der Waals surface area contributed by atoms with Gasteiger partial charge in [-0.25, -0.2) is 4.79 Å². The van der Waals surface area contributed by atoms with E-state index in [1.54, 1.807) is 12.0 Å². The molecular formula is C23H26ClN5O2. The molecule has 2 heterocycles. The first-order valence-corrected chi connectivity index (χ1v) is 10.8. The van der Waals surface area contributed by atoms with Crippen LogP contribution in [0.4, 0.5) is 16.2 Å². The normalized spacial score (nSPS) is 13.3. The van der Waals surface area contributed by atoms with Crippen molar-refractivity contribution in [2.24, 2.45) is 0 Å². The molecule has 7 nitrogen and oxygen atoms in total. The number of nitrogens with zero attached hydrogens (tertiary/aromatic N) is 4. The number of ether oxygens (including phenoxy) is 1. The minimum atomic E-state index is -0.262. The van der Waals surface area contributed by atoms with Gasteiger partial charge in [-0.3, -0.25) is 4.90 Å². The second-order valence-corrected chi connectivity index (χ2v) is 8.11. The van der Waals surface area contributed by atoms with Crippen molar-refractivity contribution in [3.63, 3.8) is 0 Å². The fourth-order valence-electron chi connectivity index (χ4n) is 3.81. The summed E-state index contributed by atoms with van der Waals surface area (Å²) in [4.78, 5) is 15.1. The number of amides is 2. The van der Waals surface area contributed by atoms with E-state index < -0.39 is 0 Å². The van der Waals surface area contributed by atoms with Gasteiger partial charge in [-0.1, -0.05) is 24.1 Å². The number of benzene rings is 2. The molecule has 0 saturated heterocycles. The predicted molar refractivity (Wildman–Crippen MR) is 122 cm³/mol. The summed E-state index contributed by atoms with van der Waals surface area (Å²) in [5, 5.41) is 12.3. The lowest BCUT2D eigenvalue weighted by Crippen LogP contribution is -2.36. The highest BCUT2D eigenvalue weighted by molar-refractivity contribution is 6.31. The van der Waals surface area contributed by atoms with E-state index in [1.807, 2.05) is 49.4 Å². The average Bonchev–Trinajstić information content (AvgIpc) is 2.99. The number of fused-ring (bicyclic) bond motifs is 1. The standard InChI is InChI=1S/C23H26ClN5O2/c1-16-7-8-17(24)14-20(16)29(23(30)25-18-9-11-19(31-2)12-10-18)15-22-27-26-21-6-4-3-5-13-28(21)22/h7-12,14H,3-6,13,15H2,1-2H3,(H,25,30). The van der Waals surface area contributed by atoms with Crippen LogP contribution in [0.25, 0.3) is 0 Å². The van der Waals surface area contributed by atoms with Crippen LogP contribution >= 0.6 is 11.6 Å². The summed E-state index contributed by atoms with van der Waals surface area (Å²) in [5.74, 6) is 2.50. The van der Waals surface area contributed by atoms with E-state index in [2.05, 4.69) is 20.1 Å². The zero-order valence-corrected chi connectivity index (χ0v) is 18.5. The molecule has 0 radical (unpaired) electrons. The van der Waals surface area contributed by atoms with Crippen LogP contribution in [-0.2, 0) is 19.5 Å². The second kappa shape index (κ2) is 9.39. The quantitative estimate of drug-likeness (QED) is 0.592. The van der Waals surface area contributed by atoms with E-state index in [9.17, 15) is 4.79 Å². The summed E-state index contributed by atoms with van der Waals surface area (Å²) < 4.78 is 7.35. The van der Waals surface area contributed by atoms with Crippen molar-refractivity contribution in [2.45, 2.75) is 45.7 Å². The van der Waals surface area contributed by atoms with Crippen molar-refractivity contribution in [1.29, 1.82) is 0 Å². The number of nitrogens with one attached hydrogen (secondary N) is 1. The third-order valence-corrected chi connectivity index (χ3v) is 5.77. The van der Waals surface area contributed by atoms with Gasteiger partial charge in [0.1, 0.15) is 11.6 Å². The van der Waals surface area contributed by atoms with Crippen LogP contribution < -0.4 is 15.0 Å². The van der Waals surface area contributed by atoms with E-state index >= 15 is 0 Å². The molecule has 1 N–H and O–H groups in total. The maximum absolute atomic E-state index is 13.4. The zero-order valence-electron chi connectivity index (χ0n) is 17.8. The number of aromatic nitrogens is 3. The van der Waals surface area contributed by atoms with Gasteiger partial charge in [0, 0.05) is 23.7 Å². The Kier molecular flexibility index (Phi) is 6.42. The van der Waals surface area contributed by atoms with E-state index in [0.717, 1.165) is 54.5 Å². The molecule has 0 atom stereocenters. The molecule has 1 aliphatic heterocycles. The van der Waals surface area contributed by atoms with Gasteiger partial charge in [-0.05, 0) is 61.7 Å². The zero-order chi connectivity index (χ0) is 21.8. The summed E-state index contributed by atoms with van der Waals surface area (Å²) in [6.45, 7) is 3.14. The topological polar surface area (TPSA) is 72.3 Å². The summed E-state index contributed by atoms with van der Waals surface area (Å²) in [6.07, 6.45) is 4.30. The Labute approximate surface area is 187 Å². The lowest BCUT2D eigenvalue weighted by Gasteiger charge is -2.25. The van der Waals surface area contributed by atoms with E-state index in [-0.39, 0.29) is 6.03 Å².